The maximum absolute atomic E-state index is 9.11. The minimum Gasteiger partial charge on any atom is -0.395 e. The van der Waals surface area contributed by atoms with Crippen molar-refractivity contribution in [2.24, 2.45) is 5.92 Å². The molecule has 17 heavy (non-hydrogen) atoms. The maximum atomic E-state index is 9.11. The van der Waals surface area contributed by atoms with Crippen LogP contribution >= 0.6 is 0 Å². The van der Waals surface area contributed by atoms with Crippen molar-refractivity contribution in [1.82, 2.24) is 9.80 Å². The van der Waals surface area contributed by atoms with E-state index in [0.717, 1.165) is 25.6 Å². The van der Waals surface area contributed by atoms with Crippen LogP contribution in [0.5, 0.6) is 0 Å². The minimum absolute atomic E-state index is 0.302. The van der Waals surface area contributed by atoms with Gasteiger partial charge in [0.05, 0.1) is 6.61 Å². The van der Waals surface area contributed by atoms with Crippen molar-refractivity contribution < 1.29 is 5.11 Å². The van der Waals surface area contributed by atoms with Gasteiger partial charge in [-0.2, -0.15) is 0 Å². The van der Waals surface area contributed by atoms with Crippen molar-refractivity contribution in [3.05, 3.63) is 12.3 Å². The van der Waals surface area contributed by atoms with E-state index in [1.54, 1.807) is 0 Å². The predicted octanol–water partition coefficient (Wildman–Crippen LogP) is 1.44. The number of hydrogen-bond donors (Lipinski definition) is 1. The molecule has 0 aromatic rings. The molecule has 0 aromatic heterocycles. The molecule has 0 amide bonds. The first-order chi connectivity index (χ1) is 8.28. The molecule has 3 heteroatoms. The van der Waals surface area contributed by atoms with Crippen molar-refractivity contribution in [2.75, 3.05) is 26.2 Å². The zero-order valence-corrected chi connectivity index (χ0v) is 10.6. The molecule has 2 atom stereocenters. The van der Waals surface area contributed by atoms with Gasteiger partial charge in [-0.15, -0.1) is 0 Å². The van der Waals surface area contributed by atoms with Crippen molar-refractivity contribution in [1.29, 1.82) is 0 Å². The molecule has 3 rings (SSSR count). The molecule has 0 spiro atoms. The standard InChI is InChI=1S/C14H24N2O/c1-11(8-12-2-3-12)15-9-13-4-5-14(10-15)16(13)6-7-17/h12-14,17H,1-10H2. The molecule has 2 aliphatic heterocycles. The van der Waals surface area contributed by atoms with Crippen molar-refractivity contribution in [3.63, 3.8) is 0 Å². The molecule has 2 bridgehead atoms. The summed E-state index contributed by atoms with van der Waals surface area (Å²) in [5.74, 6) is 0.940. The Balaban J connectivity index is 1.58. The molecule has 3 fully saturated rings. The number of allylic oxidation sites excluding steroid dienone is 1. The number of rotatable bonds is 5. The Morgan fingerprint density at radius 3 is 2.29 bits per heavy atom. The van der Waals surface area contributed by atoms with E-state index in [0.29, 0.717) is 18.7 Å². The Morgan fingerprint density at radius 1 is 1.12 bits per heavy atom. The lowest BCUT2D eigenvalue weighted by Crippen LogP contribution is -2.53. The van der Waals surface area contributed by atoms with Crippen LogP contribution in [-0.4, -0.2) is 53.2 Å². The van der Waals surface area contributed by atoms with Gasteiger partial charge in [0.2, 0.25) is 0 Å². The Bertz CT molecular complexity index is 287. The summed E-state index contributed by atoms with van der Waals surface area (Å²) in [6.45, 7) is 7.73. The molecule has 2 heterocycles. The number of nitrogens with zero attached hydrogens (tertiary/aromatic N) is 2. The van der Waals surface area contributed by atoms with E-state index in [-0.39, 0.29) is 0 Å². The zero-order valence-electron chi connectivity index (χ0n) is 10.6. The topological polar surface area (TPSA) is 26.7 Å². The molecule has 0 aromatic carbocycles. The molecular weight excluding hydrogens is 212 g/mol. The second-order valence-electron chi connectivity index (χ2n) is 5.97. The average Bonchev–Trinajstić information content (AvgIpc) is 3.08. The summed E-state index contributed by atoms with van der Waals surface area (Å²) >= 11 is 0. The normalized spacial score (nSPS) is 33.1. The summed E-state index contributed by atoms with van der Waals surface area (Å²) in [5.41, 5.74) is 1.37. The fourth-order valence-corrected chi connectivity index (χ4v) is 3.51. The number of hydrogen-bond acceptors (Lipinski definition) is 3. The maximum Gasteiger partial charge on any atom is 0.0558 e. The summed E-state index contributed by atoms with van der Waals surface area (Å²) in [6.07, 6.45) is 6.65. The summed E-state index contributed by atoms with van der Waals surface area (Å²) < 4.78 is 0. The van der Waals surface area contributed by atoms with Crippen molar-refractivity contribution in [3.8, 4) is 0 Å². The van der Waals surface area contributed by atoms with E-state index >= 15 is 0 Å². The Hall–Kier alpha value is -0.540. The highest BCUT2D eigenvalue weighted by Crippen LogP contribution is 2.37. The minimum atomic E-state index is 0.302. The average molecular weight is 236 g/mol. The lowest BCUT2D eigenvalue weighted by atomic mass is 10.1. The molecule has 0 radical (unpaired) electrons. The van der Waals surface area contributed by atoms with Crippen LogP contribution in [0.25, 0.3) is 0 Å². The van der Waals surface area contributed by atoms with Crippen molar-refractivity contribution in [2.45, 2.75) is 44.2 Å². The Morgan fingerprint density at radius 2 is 1.76 bits per heavy atom. The van der Waals surface area contributed by atoms with E-state index < -0.39 is 0 Å². The number of aliphatic hydroxyl groups excluding tert-OH is 1. The monoisotopic (exact) mass is 236 g/mol. The van der Waals surface area contributed by atoms with Crippen LogP contribution in [-0.2, 0) is 0 Å². The molecule has 1 N–H and O–H groups in total. The third-order valence-electron chi connectivity index (χ3n) is 4.66. The van der Waals surface area contributed by atoms with Gasteiger partial charge in [0.15, 0.2) is 0 Å². The summed E-state index contributed by atoms with van der Waals surface area (Å²) in [5, 5.41) is 9.11. The highest BCUT2D eigenvalue weighted by atomic mass is 16.3. The molecule has 3 aliphatic rings. The fourth-order valence-electron chi connectivity index (χ4n) is 3.51. The Kier molecular flexibility index (Phi) is 3.14. The predicted molar refractivity (Wildman–Crippen MR) is 68.7 cm³/mol. The second-order valence-corrected chi connectivity index (χ2v) is 5.97. The van der Waals surface area contributed by atoms with Crippen molar-refractivity contribution >= 4 is 0 Å². The summed E-state index contributed by atoms with van der Waals surface area (Å²) in [4.78, 5) is 5.04. The molecule has 2 saturated heterocycles. The summed E-state index contributed by atoms with van der Waals surface area (Å²) in [7, 11) is 0. The van der Waals surface area contributed by atoms with Gasteiger partial charge in [-0.3, -0.25) is 4.90 Å². The van der Waals surface area contributed by atoms with Crippen LogP contribution in [0, 0.1) is 5.92 Å². The number of fused-ring (bicyclic) bond motifs is 2. The van der Waals surface area contributed by atoms with Gasteiger partial charge in [0.25, 0.3) is 0 Å². The van der Waals surface area contributed by atoms with E-state index in [2.05, 4.69) is 16.4 Å². The van der Waals surface area contributed by atoms with Gasteiger partial charge in [0, 0.05) is 37.4 Å². The lowest BCUT2D eigenvalue weighted by Gasteiger charge is -2.42. The third-order valence-corrected chi connectivity index (χ3v) is 4.66. The van der Waals surface area contributed by atoms with E-state index in [1.165, 1.54) is 37.8 Å². The van der Waals surface area contributed by atoms with Gasteiger partial charge >= 0.3 is 0 Å². The summed E-state index contributed by atoms with van der Waals surface area (Å²) in [6, 6.07) is 1.33. The van der Waals surface area contributed by atoms with Gasteiger partial charge in [-0.1, -0.05) is 6.58 Å². The quantitative estimate of drug-likeness (QED) is 0.782. The largest absolute Gasteiger partial charge is 0.395 e. The van der Waals surface area contributed by atoms with Crippen LogP contribution in [0.1, 0.15) is 32.1 Å². The molecule has 3 nitrogen and oxygen atoms in total. The Labute approximate surface area is 104 Å². The molecular formula is C14H24N2O. The fraction of sp³-hybridized carbons (Fsp3) is 0.857. The number of aliphatic hydroxyl groups is 1. The van der Waals surface area contributed by atoms with E-state index in [1.807, 2.05) is 0 Å². The number of likely N-dealkylation sites (tertiary alicyclic amines) is 1. The molecule has 96 valence electrons. The number of piperazine rings is 1. The second kappa shape index (κ2) is 4.62. The highest BCUT2D eigenvalue weighted by molar-refractivity contribution is 5.06. The van der Waals surface area contributed by atoms with Crippen LogP contribution < -0.4 is 0 Å². The molecule has 1 saturated carbocycles. The molecule has 2 unspecified atom stereocenters. The highest BCUT2D eigenvalue weighted by Gasteiger charge is 2.40. The van der Waals surface area contributed by atoms with Crippen LogP contribution in [0.2, 0.25) is 0 Å². The molecule has 1 aliphatic carbocycles. The smallest absolute Gasteiger partial charge is 0.0558 e. The van der Waals surface area contributed by atoms with E-state index in [9.17, 15) is 0 Å². The van der Waals surface area contributed by atoms with Gasteiger partial charge in [0.1, 0.15) is 0 Å². The SMILES string of the molecule is C=C(CC1CC1)N1CC2CCC(C1)N2CCO. The first-order valence-electron chi connectivity index (χ1n) is 7.07. The first kappa shape index (κ1) is 11.5. The lowest BCUT2D eigenvalue weighted by molar-refractivity contribution is 0.0676. The van der Waals surface area contributed by atoms with Crippen LogP contribution in [0.15, 0.2) is 12.3 Å². The van der Waals surface area contributed by atoms with Gasteiger partial charge in [-0.05, 0) is 38.0 Å². The van der Waals surface area contributed by atoms with Crippen LogP contribution in [0.4, 0.5) is 0 Å². The van der Waals surface area contributed by atoms with Gasteiger partial charge in [-0.25, -0.2) is 0 Å². The third kappa shape index (κ3) is 2.36. The first-order valence-corrected chi connectivity index (χ1v) is 7.07. The van der Waals surface area contributed by atoms with Gasteiger partial charge < -0.3 is 10.0 Å². The van der Waals surface area contributed by atoms with E-state index in [4.69, 9.17) is 5.11 Å². The van der Waals surface area contributed by atoms with Crippen LogP contribution in [0.3, 0.4) is 0 Å². The zero-order chi connectivity index (χ0) is 11.8.